The van der Waals surface area contributed by atoms with Crippen LogP contribution >= 0.6 is 0 Å². The van der Waals surface area contributed by atoms with Gasteiger partial charge in [0, 0.05) is 5.57 Å². The molecule has 0 radical (unpaired) electrons. The normalized spacial score (nSPS) is 10.7. The fraction of sp³-hybridized carbons (Fsp3) is 0.273. The smallest absolute Gasteiger partial charge is 0.246 e. The molecule has 0 saturated carbocycles. The molecule has 0 spiro atoms. The van der Waals surface area contributed by atoms with Gasteiger partial charge in [0.1, 0.15) is 18.2 Å². The molecule has 27 heavy (non-hydrogen) atoms. The zero-order valence-electron chi connectivity index (χ0n) is 15.9. The number of ether oxygens (including phenoxy) is 1. The van der Waals surface area contributed by atoms with E-state index >= 15 is 0 Å². The molecule has 0 aliphatic carbocycles. The third-order valence-electron chi connectivity index (χ3n) is 4.44. The predicted molar refractivity (Wildman–Crippen MR) is 108 cm³/mol. The summed E-state index contributed by atoms with van der Waals surface area (Å²) in [6.45, 7) is 9.01. The summed E-state index contributed by atoms with van der Waals surface area (Å²) in [7, 11) is 0. The molecule has 3 aromatic rings. The molecule has 1 amide bonds. The van der Waals surface area contributed by atoms with Crippen molar-refractivity contribution < 1.29 is 9.53 Å². The molecule has 3 rings (SSSR count). The lowest BCUT2D eigenvalue weighted by molar-refractivity contribution is -0.117. The Morgan fingerprint density at radius 2 is 1.93 bits per heavy atom. The van der Waals surface area contributed by atoms with Gasteiger partial charge in [0.2, 0.25) is 5.91 Å². The summed E-state index contributed by atoms with van der Waals surface area (Å²) in [5.74, 6) is 1.49. The first-order valence-electron chi connectivity index (χ1n) is 9.18. The van der Waals surface area contributed by atoms with E-state index in [1.165, 1.54) is 5.56 Å². The molecule has 5 nitrogen and oxygen atoms in total. The second-order valence-electron chi connectivity index (χ2n) is 6.48. The van der Waals surface area contributed by atoms with Crippen molar-refractivity contribution in [2.45, 2.75) is 33.4 Å². The average Bonchev–Trinajstić information content (AvgIpc) is 3.04. The SMILES string of the molecule is C=C(C)C(=O)NCc1nc2ccccc2n1CCOc1ccc(CC)cc1. The molecule has 1 heterocycles. The van der Waals surface area contributed by atoms with E-state index in [1.807, 2.05) is 36.4 Å². The standard InChI is InChI=1S/C22H25N3O2/c1-4-17-9-11-18(12-10-17)27-14-13-25-20-8-6-5-7-19(20)24-21(25)15-23-22(26)16(2)3/h5-12H,2,4,13-15H2,1,3H3,(H,23,26). The molecule has 0 atom stereocenters. The number of amides is 1. The summed E-state index contributed by atoms with van der Waals surface area (Å²) in [5.41, 5.74) is 3.71. The van der Waals surface area contributed by atoms with E-state index in [1.54, 1.807) is 6.92 Å². The van der Waals surface area contributed by atoms with E-state index in [0.29, 0.717) is 25.3 Å². The van der Waals surface area contributed by atoms with Gasteiger partial charge in [-0.3, -0.25) is 4.79 Å². The Labute approximate surface area is 159 Å². The summed E-state index contributed by atoms with van der Waals surface area (Å²) < 4.78 is 7.99. The number of imidazole rings is 1. The van der Waals surface area contributed by atoms with Gasteiger partial charge < -0.3 is 14.6 Å². The Kier molecular flexibility index (Phi) is 5.91. The topological polar surface area (TPSA) is 56.2 Å². The zero-order chi connectivity index (χ0) is 19.2. The van der Waals surface area contributed by atoms with Crippen LogP contribution in [0.5, 0.6) is 5.75 Å². The molecule has 0 unspecified atom stereocenters. The van der Waals surface area contributed by atoms with E-state index in [9.17, 15) is 4.79 Å². The number of nitrogens with zero attached hydrogens (tertiary/aromatic N) is 2. The molecule has 1 N–H and O–H groups in total. The number of fused-ring (bicyclic) bond motifs is 1. The van der Waals surface area contributed by atoms with Crippen LogP contribution in [0, 0.1) is 0 Å². The Morgan fingerprint density at radius 3 is 2.63 bits per heavy atom. The first-order chi connectivity index (χ1) is 13.1. The zero-order valence-corrected chi connectivity index (χ0v) is 15.9. The average molecular weight is 363 g/mol. The first-order valence-corrected chi connectivity index (χ1v) is 9.18. The second-order valence-corrected chi connectivity index (χ2v) is 6.48. The number of carbonyl (C=O) groups excluding carboxylic acids is 1. The van der Waals surface area contributed by atoms with E-state index in [0.717, 1.165) is 29.0 Å². The lowest BCUT2D eigenvalue weighted by atomic mass is 10.2. The van der Waals surface area contributed by atoms with Crippen molar-refractivity contribution in [2.24, 2.45) is 0 Å². The van der Waals surface area contributed by atoms with E-state index in [4.69, 9.17) is 4.74 Å². The summed E-state index contributed by atoms with van der Waals surface area (Å²) in [6, 6.07) is 16.1. The van der Waals surface area contributed by atoms with Gasteiger partial charge in [-0.1, -0.05) is 37.8 Å². The Hall–Kier alpha value is -3.08. The van der Waals surface area contributed by atoms with Crippen LogP contribution in [0.2, 0.25) is 0 Å². The van der Waals surface area contributed by atoms with Crippen LogP contribution in [0.25, 0.3) is 11.0 Å². The van der Waals surface area contributed by atoms with Gasteiger partial charge in [-0.25, -0.2) is 4.98 Å². The highest BCUT2D eigenvalue weighted by molar-refractivity contribution is 5.92. The second kappa shape index (κ2) is 8.54. The number of rotatable bonds is 8. The van der Waals surface area contributed by atoms with Crippen LogP contribution in [0.4, 0.5) is 0 Å². The summed E-state index contributed by atoms with van der Waals surface area (Å²) in [4.78, 5) is 16.5. The minimum Gasteiger partial charge on any atom is -0.492 e. The van der Waals surface area contributed by atoms with Crippen molar-refractivity contribution in [3.05, 3.63) is 72.1 Å². The van der Waals surface area contributed by atoms with Gasteiger partial charge in [0.15, 0.2) is 0 Å². The molecule has 0 aliphatic rings. The van der Waals surface area contributed by atoms with Crippen LogP contribution < -0.4 is 10.1 Å². The molecular formula is C22H25N3O2. The van der Waals surface area contributed by atoms with Gasteiger partial charge >= 0.3 is 0 Å². The van der Waals surface area contributed by atoms with E-state index in [2.05, 4.69) is 40.5 Å². The maximum atomic E-state index is 11.8. The van der Waals surface area contributed by atoms with Crippen molar-refractivity contribution in [3.8, 4) is 5.75 Å². The van der Waals surface area contributed by atoms with Crippen molar-refractivity contribution in [2.75, 3.05) is 6.61 Å². The molecule has 0 fully saturated rings. The number of carbonyl (C=O) groups is 1. The van der Waals surface area contributed by atoms with Crippen molar-refractivity contribution in [3.63, 3.8) is 0 Å². The fourth-order valence-corrected chi connectivity index (χ4v) is 2.90. The minimum absolute atomic E-state index is 0.166. The molecule has 0 saturated heterocycles. The highest BCUT2D eigenvalue weighted by atomic mass is 16.5. The van der Waals surface area contributed by atoms with Gasteiger partial charge in [0.25, 0.3) is 0 Å². The number of para-hydroxylation sites is 2. The Balaban J connectivity index is 1.72. The number of benzene rings is 2. The highest BCUT2D eigenvalue weighted by Crippen LogP contribution is 2.17. The number of nitrogens with one attached hydrogen (secondary N) is 1. The molecule has 2 aromatic carbocycles. The molecule has 0 bridgehead atoms. The Morgan fingerprint density at radius 1 is 1.19 bits per heavy atom. The maximum absolute atomic E-state index is 11.8. The van der Waals surface area contributed by atoms with Gasteiger partial charge in [-0.05, 0) is 43.2 Å². The van der Waals surface area contributed by atoms with Gasteiger partial charge in [-0.15, -0.1) is 0 Å². The fourth-order valence-electron chi connectivity index (χ4n) is 2.90. The van der Waals surface area contributed by atoms with E-state index < -0.39 is 0 Å². The van der Waals surface area contributed by atoms with Crippen molar-refractivity contribution in [1.29, 1.82) is 0 Å². The Bertz CT molecular complexity index is 942. The quantitative estimate of drug-likeness (QED) is 0.618. The number of hydrogen-bond donors (Lipinski definition) is 1. The number of aryl methyl sites for hydroxylation is 1. The summed E-state index contributed by atoms with van der Waals surface area (Å²) in [6.07, 6.45) is 1.01. The van der Waals surface area contributed by atoms with Crippen molar-refractivity contribution >= 4 is 16.9 Å². The third kappa shape index (κ3) is 4.56. The monoisotopic (exact) mass is 363 g/mol. The van der Waals surface area contributed by atoms with Crippen LogP contribution in [0.15, 0.2) is 60.7 Å². The predicted octanol–water partition coefficient (Wildman–Crippen LogP) is 3.87. The lowest BCUT2D eigenvalue weighted by Crippen LogP contribution is -2.25. The number of hydrogen-bond acceptors (Lipinski definition) is 3. The maximum Gasteiger partial charge on any atom is 0.246 e. The first kappa shape index (κ1) is 18.7. The van der Waals surface area contributed by atoms with Crippen LogP contribution in [0.3, 0.4) is 0 Å². The molecule has 140 valence electrons. The lowest BCUT2D eigenvalue weighted by Gasteiger charge is -2.12. The van der Waals surface area contributed by atoms with Crippen LogP contribution in [-0.2, 0) is 24.3 Å². The van der Waals surface area contributed by atoms with Crippen molar-refractivity contribution in [1.82, 2.24) is 14.9 Å². The third-order valence-corrected chi connectivity index (χ3v) is 4.44. The van der Waals surface area contributed by atoms with Gasteiger partial charge in [-0.2, -0.15) is 0 Å². The summed E-state index contributed by atoms with van der Waals surface area (Å²) >= 11 is 0. The van der Waals surface area contributed by atoms with Crippen LogP contribution in [-0.4, -0.2) is 22.1 Å². The number of aromatic nitrogens is 2. The molecule has 5 heteroatoms. The van der Waals surface area contributed by atoms with Gasteiger partial charge in [0.05, 0.1) is 24.1 Å². The minimum atomic E-state index is -0.166. The highest BCUT2D eigenvalue weighted by Gasteiger charge is 2.12. The molecular weight excluding hydrogens is 338 g/mol. The van der Waals surface area contributed by atoms with Crippen LogP contribution in [0.1, 0.15) is 25.2 Å². The molecule has 1 aromatic heterocycles. The van der Waals surface area contributed by atoms with E-state index in [-0.39, 0.29) is 5.91 Å². The molecule has 0 aliphatic heterocycles. The summed E-state index contributed by atoms with van der Waals surface area (Å²) in [5, 5.41) is 2.86. The largest absolute Gasteiger partial charge is 0.492 e.